The van der Waals surface area contributed by atoms with Crippen LogP contribution in [0.4, 0.5) is 18.9 Å². The van der Waals surface area contributed by atoms with Gasteiger partial charge in [0.25, 0.3) is 5.56 Å². The molecule has 136 valence electrons. The second kappa shape index (κ2) is 7.16. The molecule has 1 amide bonds. The highest BCUT2D eigenvalue weighted by atomic mass is 32.1. The zero-order chi connectivity index (χ0) is 18.7. The average Bonchev–Trinajstić information content (AvgIpc) is 3.04. The van der Waals surface area contributed by atoms with Crippen LogP contribution in [0.2, 0.25) is 0 Å². The average molecular weight is 383 g/mol. The quantitative estimate of drug-likeness (QED) is 0.733. The van der Waals surface area contributed by atoms with E-state index in [2.05, 4.69) is 15.0 Å². The first-order chi connectivity index (χ1) is 12.3. The molecule has 0 spiro atoms. The number of hydrogen-bond acceptors (Lipinski definition) is 5. The van der Waals surface area contributed by atoms with Crippen molar-refractivity contribution in [2.24, 2.45) is 0 Å². The van der Waals surface area contributed by atoms with Crippen LogP contribution in [0.25, 0.3) is 10.2 Å². The number of benzene rings is 1. The molecular weight excluding hydrogens is 371 g/mol. The van der Waals surface area contributed by atoms with E-state index in [1.54, 1.807) is 11.4 Å². The number of fused-ring (bicyclic) bond motifs is 1. The van der Waals surface area contributed by atoms with Crippen molar-refractivity contribution in [3.05, 3.63) is 52.4 Å². The van der Waals surface area contributed by atoms with Gasteiger partial charge in [0.1, 0.15) is 10.6 Å². The van der Waals surface area contributed by atoms with E-state index in [1.165, 1.54) is 34.4 Å². The summed E-state index contributed by atoms with van der Waals surface area (Å²) in [5.41, 5.74) is 0.0981. The lowest BCUT2D eigenvalue weighted by molar-refractivity contribution is -0.274. The maximum atomic E-state index is 12.2. The standard InChI is InChI=1S/C16H12F3N3O3S/c17-16(18,19)25-11-3-1-10(2-4-11)21-13(23)5-7-22-9-20-14-12(15(22)24)6-8-26-14/h1-4,6,8-9H,5,7H2,(H,21,23). The van der Waals surface area contributed by atoms with Crippen molar-refractivity contribution in [3.8, 4) is 5.75 Å². The molecule has 3 aromatic rings. The minimum absolute atomic E-state index is 0.0119. The van der Waals surface area contributed by atoms with Crippen molar-refractivity contribution in [3.63, 3.8) is 0 Å². The Kier molecular flexibility index (Phi) is 4.94. The van der Waals surface area contributed by atoms with E-state index in [0.717, 1.165) is 12.1 Å². The molecule has 3 rings (SSSR count). The number of anilines is 1. The van der Waals surface area contributed by atoms with Crippen molar-refractivity contribution >= 4 is 33.1 Å². The van der Waals surface area contributed by atoms with Crippen molar-refractivity contribution in [1.29, 1.82) is 0 Å². The topological polar surface area (TPSA) is 73.2 Å². The largest absolute Gasteiger partial charge is 0.573 e. The van der Waals surface area contributed by atoms with Gasteiger partial charge in [0.05, 0.1) is 11.7 Å². The summed E-state index contributed by atoms with van der Waals surface area (Å²) in [5, 5.41) is 4.81. The highest BCUT2D eigenvalue weighted by Gasteiger charge is 2.30. The molecule has 0 atom stereocenters. The Morgan fingerprint density at radius 1 is 1.23 bits per heavy atom. The third-order valence-electron chi connectivity index (χ3n) is 3.40. The summed E-state index contributed by atoms with van der Waals surface area (Å²) in [7, 11) is 0. The van der Waals surface area contributed by atoms with Crippen molar-refractivity contribution in [2.45, 2.75) is 19.3 Å². The first kappa shape index (κ1) is 17.9. The number of aromatic nitrogens is 2. The van der Waals surface area contributed by atoms with Gasteiger partial charge in [-0.2, -0.15) is 0 Å². The van der Waals surface area contributed by atoms with Gasteiger partial charge in [0.2, 0.25) is 5.91 Å². The summed E-state index contributed by atoms with van der Waals surface area (Å²) >= 11 is 1.36. The SMILES string of the molecule is O=C(CCn1cnc2sccc2c1=O)Nc1ccc(OC(F)(F)F)cc1. The van der Waals surface area contributed by atoms with Crippen LogP contribution in [0.5, 0.6) is 5.75 Å². The van der Waals surface area contributed by atoms with Crippen LogP contribution in [0.3, 0.4) is 0 Å². The summed E-state index contributed by atoms with van der Waals surface area (Å²) in [4.78, 5) is 29.0. The number of carbonyl (C=O) groups is 1. The van der Waals surface area contributed by atoms with Crippen LogP contribution < -0.4 is 15.6 Å². The molecule has 0 bridgehead atoms. The molecule has 6 nitrogen and oxygen atoms in total. The van der Waals surface area contributed by atoms with E-state index >= 15 is 0 Å². The Hall–Kier alpha value is -2.88. The number of carbonyl (C=O) groups excluding carboxylic acids is 1. The molecule has 0 saturated carbocycles. The molecule has 2 heterocycles. The van der Waals surface area contributed by atoms with Gasteiger partial charge in [-0.25, -0.2) is 4.98 Å². The van der Waals surface area contributed by atoms with Gasteiger partial charge in [-0.3, -0.25) is 14.2 Å². The summed E-state index contributed by atoms with van der Waals surface area (Å²) in [6.07, 6.45) is -3.37. The molecule has 0 fully saturated rings. The van der Waals surface area contributed by atoms with Crippen LogP contribution in [-0.2, 0) is 11.3 Å². The highest BCUT2D eigenvalue weighted by molar-refractivity contribution is 7.16. The number of thiophene rings is 1. The first-order valence-electron chi connectivity index (χ1n) is 7.40. The Labute approximate surface area is 148 Å². The maximum absolute atomic E-state index is 12.2. The molecule has 10 heteroatoms. The van der Waals surface area contributed by atoms with Crippen LogP contribution in [0.15, 0.2) is 46.8 Å². The Morgan fingerprint density at radius 2 is 1.96 bits per heavy atom. The molecule has 2 aromatic heterocycles. The van der Waals surface area contributed by atoms with Crippen LogP contribution in [-0.4, -0.2) is 21.8 Å². The molecular formula is C16H12F3N3O3S. The maximum Gasteiger partial charge on any atom is 0.573 e. The molecule has 1 N–H and O–H groups in total. The molecule has 26 heavy (non-hydrogen) atoms. The first-order valence-corrected chi connectivity index (χ1v) is 8.28. The summed E-state index contributed by atoms with van der Waals surface area (Å²) in [6.45, 7) is 0.138. The second-order valence-electron chi connectivity index (χ2n) is 5.25. The monoisotopic (exact) mass is 383 g/mol. The van der Waals surface area contributed by atoms with Gasteiger partial charge in [0.15, 0.2) is 0 Å². The van der Waals surface area contributed by atoms with E-state index in [4.69, 9.17) is 0 Å². The predicted molar refractivity (Wildman–Crippen MR) is 90.3 cm³/mol. The van der Waals surface area contributed by atoms with Gasteiger partial charge in [-0.05, 0) is 35.7 Å². The minimum atomic E-state index is -4.77. The Morgan fingerprint density at radius 3 is 2.65 bits per heavy atom. The fourth-order valence-electron chi connectivity index (χ4n) is 2.24. The van der Waals surface area contributed by atoms with Crippen LogP contribution in [0.1, 0.15) is 6.42 Å². The zero-order valence-electron chi connectivity index (χ0n) is 13.1. The number of aryl methyl sites for hydroxylation is 1. The van der Waals surface area contributed by atoms with Crippen molar-refractivity contribution in [1.82, 2.24) is 9.55 Å². The Balaban J connectivity index is 1.58. The van der Waals surface area contributed by atoms with E-state index in [1.807, 2.05) is 0 Å². The van der Waals surface area contributed by atoms with Crippen LogP contribution >= 0.6 is 11.3 Å². The van der Waals surface area contributed by atoms with Gasteiger partial charge in [-0.15, -0.1) is 24.5 Å². The Bertz CT molecular complexity index is 980. The van der Waals surface area contributed by atoms with Gasteiger partial charge in [0, 0.05) is 18.7 Å². The zero-order valence-corrected chi connectivity index (χ0v) is 13.9. The number of alkyl halides is 3. The summed E-state index contributed by atoms with van der Waals surface area (Å²) < 4.78 is 41.4. The van der Waals surface area contributed by atoms with Crippen molar-refractivity contribution < 1.29 is 22.7 Å². The number of nitrogens with zero attached hydrogens (tertiary/aromatic N) is 2. The summed E-state index contributed by atoms with van der Waals surface area (Å²) in [6, 6.07) is 6.47. The fourth-order valence-corrected chi connectivity index (χ4v) is 2.96. The van der Waals surface area contributed by atoms with Gasteiger partial charge < -0.3 is 10.1 Å². The predicted octanol–water partition coefficient (Wildman–Crippen LogP) is 3.39. The molecule has 1 aromatic carbocycles. The number of hydrogen-bond donors (Lipinski definition) is 1. The lowest BCUT2D eigenvalue weighted by Gasteiger charge is -2.10. The third kappa shape index (κ3) is 4.39. The number of ether oxygens (including phenoxy) is 1. The van der Waals surface area contributed by atoms with Gasteiger partial charge >= 0.3 is 6.36 Å². The number of amides is 1. The van der Waals surface area contributed by atoms with Crippen LogP contribution in [0, 0.1) is 0 Å². The minimum Gasteiger partial charge on any atom is -0.406 e. The van der Waals surface area contributed by atoms with E-state index < -0.39 is 6.36 Å². The van der Waals surface area contributed by atoms with Gasteiger partial charge in [-0.1, -0.05) is 0 Å². The fraction of sp³-hybridized carbons (Fsp3) is 0.188. The smallest absolute Gasteiger partial charge is 0.406 e. The normalized spacial score (nSPS) is 11.5. The number of nitrogens with one attached hydrogen (secondary N) is 1. The second-order valence-corrected chi connectivity index (χ2v) is 6.15. The number of halogens is 3. The lowest BCUT2D eigenvalue weighted by atomic mass is 10.3. The molecule has 0 radical (unpaired) electrons. The van der Waals surface area contributed by atoms with E-state index in [-0.39, 0.29) is 30.2 Å². The third-order valence-corrected chi connectivity index (χ3v) is 4.22. The summed E-state index contributed by atoms with van der Waals surface area (Å²) in [5.74, 6) is -0.760. The molecule has 0 unspecified atom stereocenters. The number of rotatable bonds is 5. The van der Waals surface area contributed by atoms with E-state index in [9.17, 15) is 22.8 Å². The van der Waals surface area contributed by atoms with E-state index in [0.29, 0.717) is 15.9 Å². The molecule has 0 aliphatic rings. The molecule has 0 aliphatic carbocycles. The molecule has 0 saturated heterocycles. The lowest BCUT2D eigenvalue weighted by Crippen LogP contribution is -2.23. The van der Waals surface area contributed by atoms with Crippen molar-refractivity contribution in [2.75, 3.05) is 5.32 Å². The highest BCUT2D eigenvalue weighted by Crippen LogP contribution is 2.24. The molecule has 0 aliphatic heterocycles.